The molecule has 12 nitrogen and oxygen atoms in total. The van der Waals surface area contributed by atoms with Crippen molar-refractivity contribution in [3.05, 3.63) is 101 Å². The smallest absolute Gasteiger partial charge is 0.324 e. The van der Waals surface area contributed by atoms with Crippen LogP contribution in [0.1, 0.15) is 53.8 Å². The fraction of sp³-hybridized carbons (Fsp3) is 0.308. The molecular weight excluding hydrogens is 644 g/mol. The summed E-state index contributed by atoms with van der Waals surface area (Å²) in [5, 5.41) is 15.0. The molecule has 0 saturated carbocycles. The highest BCUT2D eigenvalue weighted by Gasteiger charge is 2.20. The van der Waals surface area contributed by atoms with E-state index in [2.05, 4.69) is 62.6 Å². The topological polar surface area (TPSA) is 136 Å². The van der Waals surface area contributed by atoms with Crippen molar-refractivity contribution in [3.8, 4) is 24.0 Å². The predicted octanol–water partition coefficient (Wildman–Crippen LogP) is 5.73. The molecule has 262 valence electrons. The predicted molar refractivity (Wildman–Crippen MR) is 197 cm³/mol. The van der Waals surface area contributed by atoms with Crippen molar-refractivity contribution in [1.29, 1.82) is 0 Å². The van der Waals surface area contributed by atoms with Gasteiger partial charge in [0.15, 0.2) is 0 Å². The van der Waals surface area contributed by atoms with Crippen LogP contribution in [0.15, 0.2) is 72.9 Å². The molecule has 12 heteroatoms. The summed E-state index contributed by atoms with van der Waals surface area (Å²) in [5.74, 6) is 4.47. The summed E-state index contributed by atoms with van der Waals surface area (Å²) in [6.07, 6.45) is 7.72. The van der Waals surface area contributed by atoms with Gasteiger partial charge in [0, 0.05) is 85.3 Å². The molecule has 1 aliphatic rings. The van der Waals surface area contributed by atoms with Crippen molar-refractivity contribution in [2.75, 3.05) is 50.0 Å². The van der Waals surface area contributed by atoms with Crippen LogP contribution in [-0.4, -0.2) is 76.0 Å². The Kier molecular flexibility index (Phi) is 10.6. The molecule has 1 fully saturated rings. The Labute approximate surface area is 297 Å². The fourth-order valence-electron chi connectivity index (χ4n) is 5.77. The molecule has 2 aromatic heterocycles. The lowest BCUT2D eigenvalue weighted by Crippen LogP contribution is -2.41. The molecule has 0 aliphatic carbocycles. The molecule has 5 aromatic rings. The second kappa shape index (κ2) is 15.4. The average molecular weight is 687 g/mol. The summed E-state index contributed by atoms with van der Waals surface area (Å²) in [4.78, 5) is 37.5. The van der Waals surface area contributed by atoms with E-state index in [9.17, 15) is 9.59 Å². The zero-order chi connectivity index (χ0) is 36.0. The number of nitrogens with zero attached hydrogens (tertiary/aromatic N) is 5. The molecule has 3 N–H and O–H groups in total. The van der Waals surface area contributed by atoms with Gasteiger partial charge < -0.3 is 20.1 Å². The maximum atomic E-state index is 13.1. The summed E-state index contributed by atoms with van der Waals surface area (Å²) in [5.41, 5.74) is 3.24. The molecule has 0 radical (unpaired) electrons. The van der Waals surface area contributed by atoms with E-state index in [1.807, 2.05) is 42.5 Å². The maximum absolute atomic E-state index is 13.1. The highest BCUT2D eigenvalue weighted by Crippen LogP contribution is 2.34. The van der Waals surface area contributed by atoms with Gasteiger partial charge in [0.2, 0.25) is 5.88 Å². The maximum Gasteiger partial charge on any atom is 0.324 e. The van der Waals surface area contributed by atoms with Gasteiger partial charge in [-0.15, -0.1) is 6.42 Å². The van der Waals surface area contributed by atoms with Crippen molar-refractivity contribution in [3.63, 3.8) is 0 Å². The number of rotatable bonds is 10. The molecule has 3 aromatic carbocycles. The summed E-state index contributed by atoms with van der Waals surface area (Å²) < 4.78 is 13.3. The van der Waals surface area contributed by atoms with E-state index in [4.69, 9.17) is 15.9 Å². The third kappa shape index (κ3) is 8.88. The Balaban J connectivity index is 1.14. The van der Waals surface area contributed by atoms with Crippen LogP contribution in [0.25, 0.3) is 10.8 Å². The number of anilines is 2. The minimum atomic E-state index is -0.389. The second-order valence-corrected chi connectivity index (χ2v) is 13.4. The Morgan fingerprint density at radius 3 is 2.53 bits per heavy atom. The minimum absolute atomic E-state index is 0.150. The number of ether oxygens (including phenoxy) is 2. The van der Waals surface area contributed by atoms with Gasteiger partial charge in [0.25, 0.3) is 5.91 Å². The summed E-state index contributed by atoms with van der Waals surface area (Å²) in [6, 6.07) is 19.8. The standard InChI is InChI=1S/C39H42N8O4/c1-6-26-21-27(23-28(22-26)37(48)41-15-16-47-17-19-50-20-18-47)24-34-40-14-13-36(43-34)51-32-12-11-31(29-9-7-8-10-30(29)32)42-38(49)44-35-25-33(39(2,3)4)45-46(35)5/h1,7-14,21-23,25H,15-20,24H2,2-5H3,(H,41,48)(H2,42,44,49). The summed E-state index contributed by atoms with van der Waals surface area (Å²) in [7, 11) is 1.80. The molecule has 1 saturated heterocycles. The van der Waals surface area contributed by atoms with Crippen molar-refractivity contribution in [2.24, 2.45) is 7.05 Å². The van der Waals surface area contributed by atoms with Gasteiger partial charge in [0.1, 0.15) is 17.4 Å². The van der Waals surface area contributed by atoms with E-state index in [-0.39, 0.29) is 17.4 Å². The number of carbonyl (C=O) groups is 2. The van der Waals surface area contributed by atoms with Gasteiger partial charge in [-0.25, -0.2) is 9.78 Å². The zero-order valence-electron chi connectivity index (χ0n) is 29.3. The van der Waals surface area contributed by atoms with E-state index in [0.29, 0.717) is 66.3 Å². The monoisotopic (exact) mass is 686 g/mol. The number of nitrogens with one attached hydrogen (secondary N) is 3. The number of aromatic nitrogens is 4. The van der Waals surface area contributed by atoms with Crippen LogP contribution in [0.4, 0.5) is 16.3 Å². The Morgan fingerprint density at radius 2 is 1.78 bits per heavy atom. The van der Waals surface area contributed by atoms with E-state index >= 15 is 0 Å². The first-order valence-electron chi connectivity index (χ1n) is 16.9. The van der Waals surface area contributed by atoms with E-state index in [0.717, 1.165) is 41.7 Å². The van der Waals surface area contributed by atoms with Crippen LogP contribution in [0.2, 0.25) is 0 Å². The Hall–Kier alpha value is -5.77. The second-order valence-electron chi connectivity index (χ2n) is 13.4. The number of benzene rings is 3. The van der Waals surface area contributed by atoms with Crippen LogP contribution >= 0.6 is 0 Å². The number of aryl methyl sites for hydroxylation is 1. The quantitative estimate of drug-likeness (QED) is 0.159. The van der Waals surface area contributed by atoms with Gasteiger partial charge in [0.05, 0.1) is 24.6 Å². The number of urea groups is 1. The molecule has 0 unspecified atom stereocenters. The lowest BCUT2D eigenvalue weighted by molar-refractivity contribution is 0.0383. The first kappa shape index (κ1) is 35.1. The van der Waals surface area contributed by atoms with E-state index in [1.54, 1.807) is 42.2 Å². The number of hydrogen-bond acceptors (Lipinski definition) is 8. The molecule has 3 heterocycles. The number of fused-ring (bicyclic) bond motifs is 1. The third-order valence-corrected chi connectivity index (χ3v) is 8.52. The third-order valence-electron chi connectivity index (χ3n) is 8.52. The van der Waals surface area contributed by atoms with E-state index in [1.165, 1.54) is 0 Å². The molecular formula is C39H42N8O4. The molecule has 0 spiro atoms. The normalized spacial score (nSPS) is 13.4. The van der Waals surface area contributed by atoms with Crippen molar-refractivity contribution < 1.29 is 19.1 Å². The van der Waals surface area contributed by atoms with Crippen LogP contribution in [0.3, 0.4) is 0 Å². The van der Waals surface area contributed by atoms with Crippen molar-refractivity contribution >= 4 is 34.2 Å². The van der Waals surface area contributed by atoms with Crippen LogP contribution in [-0.2, 0) is 23.6 Å². The summed E-state index contributed by atoms with van der Waals surface area (Å²) in [6.45, 7) is 10.6. The SMILES string of the molecule is C#Cc1cc(Cc2nccc(Oc3ccc(NC(=O)Nc4cc(C(C)(C)C)nn4C)c4ccccc34)n2)cc(C(=O)NCCN2CCOCC2)c1. The first-order valence-corrected chi connectivity index (χ1v) is 16.9. The largest absolute Gasteiger partial charge is 0.438 e. The molecule has 3 amide bonds. The fourth-order valence-corrected chi connectivity index (χ4v) is 5.77. The molecule has 0 bridgehead atoms. The number of terminal acetylenes is 1. The van der Waals surface area contributed by atoms with Gasteiger partial charge in [-0.3, -0.25) is 19.7 Å². The van der Waals surface area contributed by atoms with Gasteiger partial charge >= 0.3 is 6.03 Å². The number of carbonyl (C=O) groups excluding carboxylic acids is 2. The molecule has 0 atom stereocenters. The van der Waals surface area contributed by atoms with Crippen molar-refractivity contribution in [2.45, 2.75) is 32.6 Å². The highest BCUT2D eigenvalue weighted by molar-refractivity contribution is 6.07. The Morgan fingerprint density at radius 1 is 1.00 bits per heavy atom. The van der Waals surface area contributed by atoms with Crippen LogP contribution in [0.5, 0.6) is 11.6 Å². The first-order chi connectivity index (χ1) is 24.6. The lowest BCUT2D eigenvalue weighted by atomic mass is 9.92. The minimum Gasteiger partial charge on any atom is -0.438 e. The highest BCUT2D eigenvalue weighted by atomic mass is 16.5. The number of morpholine rings is 1. The van der Waals surface area contributed by atoms with Gasteiger partial charge in [-0.05, 0) is 35.9 Å². The molecule has 6 rings (SSSR count). The molecule has 51 heavy (non-hydrogen) atoms. The van der Waals surface area contributed by atoms with Crippen LogP contribution < -0.4 is 20.7 Å². The summed E-state index contributed by atoms with van der Waals surface area (Å²) >= 11 is 0. The Bertz CT molecular complexity index is 2090. The zero-order valence-corrected chi connectivity index (χ0v) is 29.3. The van der Waals surface area contributed by atoms with Gasteiger partial charge in [-0.1, -0.05) is 51.0 Å². The van der Waals surface area contributed by atoms with Crippen LogP contribution in [0, 0.1) is 12.3 Å². The molecule has 1 aliphatic heterocycles. The lowest BCUT2D eigenvalue weighted by Gasteiger charge is -2.26. The van der Waals surface area contributed by atoms with Crippen molar-refractivity contribution in [1.82, 2.24) is 30.0 Å². The number of hydrogen-bond donors (Lipinski definition) is 3. The average Bonchev–Trinajstić information content (AvgIpc) is 3.50. The van der Waals surface area contributed by atoms with Gasteiger partial charge in [-0.2, -0.15) is 10.1 Å². The van der Waals surface area contributed by atoms with E-state index < -0.39 is 0 Å². The number of amides is 3.